The van der Waals surface area contributed by atoms with Crippen molar-refractivity contribution < 1.29 is 23.8 Å². The Balaban J connectivity index is 1.83. The van der Waals surface area contributed by atoms with E-state index < -0.39 is 11.7 Å². The number of hydrogen-bond donors (Lipinski definition) is 3. The number of rotatable bonds is 5. The van der Waals surface area contributed by atoms with Gasteiger partial charge in [-0.05, 0) is 45.0 Å². The Labute approximate surface area is 140 Å². The highest BCUT2D eigenvalue weighted by molar-refractivity contribution is 5.93. The van der Waals surface area contributed by atoms with Gasteiger partial charge in [0.15, 0.2) is 0 Å². The van der Waals surface area contributed by atoms with E-state index >= 15 is 0 Å². The van der Waals surface area contributed by atoms with E-state index in [2.05, 4.69) is 10.6 Å². The van der Waals surface area contributed by atoms with Gasteiger partial charge >= 0.3 is 6.09 Å². The Kier molecular flexibility index (Phi) is 5.46. The molecule has 0 aliphatic carbocycles. The molecule has 1 heterocycles. The second-order valence-electron chi connectivity index (χ2n) is 6.35. The van der Waals surface area contributed by atoms with E-state index in [0.717, 1.165) is 5.39 Å². The van der Waals surface area contributed by atoms with Gasteiger partial charge in [-0.2, -0.15) is 0 Å². The summed E-state index contributed by atoms with van der Waals surface area (Å²) < 4.78 is 10.5. The molecule has 0 atom stereocenters. The first-order valence-corrected chi connectivity index (χ1v) is 7.67. The van der Waals surface area contributed by atoms with Crippen molar-refractivity contribution in [1.82, 2.24) is 5.32 Å². The maximum absolute atomic E-state index is 11.9. The van der Waals surface area contributed by atoms with E-state index in [1.807, 2.05) is 0 Å². The van der Waals surface area contributed by atoms with Crippen LogP contribution >= 0.6 is 0 Å². The van der Waals surface area contributed by atoms with Gasteiger partial charge < -0.3 is 24.9 Å². The molecule has 0 aliphatic heterocycles. The van der Waals surface area contributed by atoms with Gasteiger partial charge in [-0.15, -0.1) is 0 Å². The molecule has 130 valence electrons. The number of fused-ring (bicyclic) bond motifs is 1. The zero-order valence-corrected chi connectivity index (χ0v) is 14.0. The molecule has 1 aromatic heterocycles. The van der Waals surface area contributed by atoms with Crippen LogP contribution in [0.3, 0.4) is 0 Å². The second kappa shape index (κ2) is 7.35. The predicted molar refractivity (Wildman–Crippen MR) is 89.6 cm³/mol. The van der Waals surface area contributed by atoms with Crippen LogP contribution in [0.25, 0.3) is 11.0 Å². The number of aliphatic hydroxyl groups excluding tert-OH is 1. The number of ether oxygens (including phenoxy) is 1. The molecule has 0 aliphatic rings. The quantitative estimate of drug-likeness (QED) is 0.780. The van der Waals surface area contributed by atoms with Crippen LogP contribution in [-0.2, 0) is 16.1 Å². The third-order valence-corrected chi connectivity index (χ3v) is 3.03. The summed E-state index contributed by atoms with van der Waals surface area (Å²) in [5.74, 6) is 0.242. The molecule has 7 nitrogen and oxygen atoms in total. The lowest BCUT2D eigenvalue weighted by atomic mass is 10.2. The van der Waals surface area contributed by atoms with Crippen molar-refractivity contribution in [2.45, 2.75) is 39.4 Å². The fraction of sp³-hybridized carbons (Fsp3) is 0.412. The van der Waals surface area contributed by atoms with Gasteiger partial charge in [0.05, 0.1) is 0 Å². The van der Waals surface area contributed by atoms with Gasteiger partial charge in [-0.1, -0.05) is 0 Å². The molecule has 0 spiro atoms. The van der Waals surface area contributed by atoms with E-state index in [0.29, 0.717) is 17.0 Å². The summed E-state index contributed by atoms with van der Waals surface area (Å²) in [6, 6.07) is 6.92. The topological polar surface area (TPSA) is 101 Å². The average Bonchev–Trinajstić information content (AvgIpc) is 2.87. The molecule has 0 bridgehead atoms. The SMILES string of the molecule is CC(C)(C)OC(=O)NCCC(=O)Nc1ccc2oc(CO)cc2c1. The normalized spacial score (nSPS) is 11.3. The lowest BCUT2D eigenvalue weighted by Gasteiger charge is -2.19. The first-order valence-electron chi connectivity index (χ1n) is 7.67. The zero-order valence-electron chi connectivity index (χ0n) is 14.0. The average molecular weight is 334 g/mol. The summed E-state index contributed by atoms with van der Waals surface area (Å²) >= 11 is 0. The van der Waals surface area contributed by atoms with Crippen LogP contribution in [0.1, 0.15) is 33.0 Å². The third-order valence-electron chi connectivity index (χ3n) is 3.03. The summed E-state index contributed by atoms with van der Waals surface area (Å²) in [5, 5.41) is 15.1. The Morgan fingerprint density at radius 1 is 1.25 bits per heavy atom. The lowest BCUT2D eigenvalue weighted by Crippen LogP contribution is -2.34. The Morgan fingerprint density at radius 2 is 2.00 bits per heavy atom. The van der Waals surface area contributed by atoms with Crippen LogP contribution in [0.15, 0.2) is 28.7 Å². The predicted octanol–water partition coefficient (Wildman–Crippen LogP) is 2.78. The molecule has 0 radical (unpaired) electrons. The standard InChI is InChI=1S/C17H22N2O5/c1-17(2,3)24-16(22)18-7-6-15(21)19-12-4-5-14-11(8-12)9-13(10-20)23-14/h4-5,8-9,20H,6-7,10H2,1-3H3,(H,18,22)(H,19,21). The molecule has 0 fully saturated rings. The highest BCUT2D eigenvalue weighted by Crippen LogP contribution is 2.23. The monoisotopic (exact) mass is 334 g/mol. The first-order chi connectivity index (χ1) is 11.3. The van der Waals surface area contributed by atoms with Crippen LogP contribution in [0.5, 0.6) is 0 Å². The van der Waals surface area contributed by atoms with Gasteiger partial charge in [0.1, 0.15) is 23.6 Å². The van der Waals surface area contributed by atoms with Crippen LogP contribution in [-0.4, -0.2) is 29.3 Å². The van der Waals surface area contributed by atoms with Gasteiger partial charge in [0.2, 0.25) is 5.91 Å². The number of carbonyl (C=O) groups excluding carboxylic acids is 2. The van der Waals surface area contributed by atoms with E-state index in [-0.39, 0.29) is 25.5 Å². The van der Waals surface area contributed by atoms with Gasteiger partial charge in [-0.25, -0.2) is 4.79 Å². The molecule has 24 heavy (non-hydrogen) atoms. The van der Waals surface area contributed by atoms with Gasteiger partial charge in [-0.3, -0.25) is 4.79 Å². The minimum atomic E-state index is -0.570. The first kappa shape index (κ1) is 17.8. The number of anilines is 1. The van der Waals surface area contributed by atoms with E-state index in [1.54, 1.807) is 45.0 Å². The molecule has 1 aromatic carbocycles. The van der Waals surface area contributed by atoms with Crippen LogP contribution < -0.4 is 10.6 Å². The van der Waals surface area contributed by atoms with Crippen LogP contribution in [0.2, 0.25) is 0 Å². The molecule has 3 N–H and O–H groups in total. The van der Waals surface area contributed by atoms with Crippen molar-refractivity contribution in [3.8, 4) is 0 Å². The van der Waals surface area contributed by atoms with E-state index in [4.69, 9.17) is 14.3 Å². The van der Waals surface area contributed by atoms with Crippen molar-refractivity contribution >= 4 is 28.7 Å². The molecule has 2 rings (SSSR count). The highest BCUT2D eigenvalue weighted by Gasteiger charge is 2.16. The molecule has 0 unspecified atom stereocenters. The smallest absolute Gasteiger partial charge is 0.407 e. The molecule has 2 aromatic rings. The van der Waals surface area contributed by atoms with E-state index in [1.165, 1.54) is 0 Å². The Morgan fingerprint density at radius 3 is 2.67 bits per heavy atom. The maximum atomic E-state index is 11.9. The fourth-order valence-corrected chi connectivity index (χ4v) is 2.07. The molecule has 7 heteroatoms. The minimum Gasteiger partial charge on any atom is -0.459 e. The number of amides is 2. The Hall–Kier alpha value is -2.54. The summed E-state index contributed by atoms with van der Waals surface area (Å²) in [5.41, 5.74) is 0.693. The molecular weight excluding hydrogens is 312 g/mol. The van der Waals surface area contributed by atoms with Crippen molar-refractivity contribution in [2.24, 2.45) is 0 Å². The second-order valence-corrected chi connectivity index (χ2v) is 6.35. The summed E-state index contributed by atoms with van der Waals surface area (Å²) in [6.45, 7) is 5.32. The number of nitrogens with one attached hydrogen (secondary N) is 2. The minimum absolute atomic E-state index is 0.130. The van der Waals surface area contributed by atoms with Crippen LogP contribution in [0.4, 0.5) is 10.5 Å². The number of hydrogen-bond acceptors (Lipinski definition) is 5. The van der Waals surface area contributed by atoms with Gasteiger partial charge in [0, 0.05) is 24.0 Å². The number of aliphatic hydroxyl groups is 1. The summed E-state index contributed by atoms with van der Waals surface area (Å²) in [6.07, 6.45) is -0.420. The molecule has 2 amide bonds. The fourth-order valence-electron chi connectivity index (χ4n) is 2.07. The van der Waals surface area contributed by atoms with Crippen LogP contribution in [0, 0.1) is 0 Å². The number of furan rings is 1. The van der Waals surface area contributed by atoms with Gasteiger partial charge in [0.25, 0.3) is 0 Å². The van der Waals surface area contributed by atoms with Crippen molar-refractivity contribution in [1.29, 1.82) is 0 Å². The largest absolute Gasteiger partial charge is 0.459 e. The number of alkyl carbamates (subject to hydrolysis) is 1. The molecular formula is C17H22N2O5. The Bertz CT molecular complexity index is 730. The lowest BCUT2D eigenvalue weighted by molar-refractivity contribution is -0.116. The number of benzene rings is 1. The molecule has 0 saturated carbocycles. The van der Waals surface area contributed by atoms with E-state index in [9.17, 15) is 9.59 Å². The third kappa shape index (κ3) is 5.27. The zero-order chi connectivity index (χ0) is 17.7. The molecule has 0 saturated heterocycles. The number of carbonyl (C=O) groups is 2. The highest BCUT2D eigenvalue weighted by atomic mass is 16.6. The van der Waals surface area contributed by atoms with Crippen molar-refractivity contribution in [3.05, 3.63) is 30.0 Å². The summed E-state index contributed by atoms with van der Waals surface area (Å²) in [7, 11) is 0. The maximum Gasteiger partial charge on any atom is 0.407 e. The van der Waals surface area contributed by atoms with Crippen molar-refractivity contribution in [2.75, 3.05) is 11.9 Å². The summed E-state index contributed by atoms with van der Waals surface area (Å²) in [4.78, 5) is 23.4. The van der Waals surface area contributed by atoms with Crippen molar-refractivity contribution in [3.63, 3.8) is 0 Å².